The summed E-state index contributed by atoms with van der Waals surface area (Å²) < 4.78 is 0. The van der Waals surface area contributed by atoms with E-state index < -0.39 is 5.97 Å². The van der Waals surface area contributed by atoms with Crippen molar-refractivity contribution in [3.63, 3.8) is 0 Å². The summed E-state index contributed by atoms with van der Waals surface area (Å²) in [4.78, 5) is 36.6. The number of aliphatic carboxylic acids is 1. The molecule has 0 unspecified atom stereocenters. The van der Waals surface area contributed by atoms with Gasteiger partial charge in [0.25, 0.3) is 5.91 Å². The number of amides is 1. The number of hydrazine groups is 2. The van der Waals surface area contributed by atoms with Gasteiger partial charge in [-0.1, -0.05) is 60.1 Å². The van der Waals surface area contributed by atoms with Gasteiger partial charge in [-0.25, -0.2) is 0 Å². The minimum absolute atomic E-state index is 0.0000154. The summed E-state index contributed by atoms with van der Waals surface area (Å²) in [6.45, 7) is 0.208. The zero-order valence-electron chi connectivity index (χ0n) is 17.7. The van der Waals surface area contributed by atoms with Crippen molar-refractivity contribution >= 4 is 34.9 Å². The minimum Gasteiger partial charge on any atom is -0.481 e. The Morgan fingerprint density at radius 3 is 2.18 bits per heavy atom. The maximum atomic E-state index is 13.0. The van der Waals surface area contributed by atoms with Gasteiger partial charge in [-0.3, -0.25) is 24.4 Å². The molecule has 0 saturated carbocycles. The summed E-state index contributed by atoms with van der Waals surface area (Å²) in [5, 5.41) is 12.5. The smallest absolute Gasteiger partial charge is 0.303 e. The minimum atomic E-state index is -0.922. The first-order valence-corrected chi connectivity index (χ1v) is 10.9. The van der Waals surface area contributed by atoms with Gasteiger partial charge in [-0.15, -0.1) is 5.53 Å². The lowest BCUT2D eigenvalue weighted by molar-refractivity contribution is -0.137. The van der Waals surface area contributed by atoms with Crippen molar-refractivity contribution in [3.05, 3.63) is 88.9 Å². The van der Waals surface area contributed by atoms with Crippen LogP contribution in [-0.2, 0) is 4.79 Å². The van der Waals surface area contributed by atoms with Gasteiger partial charge in [-0.2, -0.15) is 0 Å². The lowest BCUT2D eigenvalue weighted by Crippen LogP contribution is -2.58. The monoisotopic (exact) mass is 463 g/mol. The molecule has 0 saturated heterocycles. The van der Waals surface area contributed by atoms with Crippen molar-refractivity contribution in [2.24, 2.45) is 0 Å². The van der Waals surface area contributed by atoms with Crippen LogP contribution in [0.15, 0.2) is 72.8 Å². The molecule has 3 aromatic rings. The third-order valence-electron chi connectivity index (χ3n) is 5.37. The molecular weight excluding hydrogens is 442 g/mol. The predicted octanol–water partition coefficient (Wildman–Crippen LogP) is 4.44. The number of anilines is 1. The van der Waals surface area contributed by atoms with Crippen LogP contribution in [-0.4, -0.2) is 40.9 Å². The highest BCUT2D eigenvalue weighted by Crippen LogP contribution is 2.26. The van der Waals surface area contributed by atoms with Crippen LogP contribution in [0.2, 0.25) is 5.02 Å². The number of para-hydroxylation sites is 1. The Morgan fingerprint density at radius 2 is 1.52 bits per heavy atom. The second-order valence-electron chi connectivity index (χ2n) is 7.66. The lowest BCUT2D eigenvalue weighted by atomic mass is 10.0. The van der Waals surface area contributed by atoms with Crippen molar-refractivity contribution in [2.45, 2.75) is 12.8 Å². The van der Waals surface area contributed by atoms with Crippen LogP contribution >= 0.6 is 11.6 Å². The molecule has 8 heteroatoms. The first-order valence-electron chi connectivity index (χ1n) is 10.5. The number of ketones is 1. The average Bonchev–Trinajstić information content (AvgIpc) is 2.82. The molecule has 0 aliphatic carbocycles. The van der Waals surface area contributed by atoms with E-state index in [0.717, 1.165) is 11.1 Å². The Kier molecular flexibility index (Phi) is 6.72. The average molecular weight is 464 g/mol. The first kappa shape index (κ1) is 22.5. The van der Waals surface area contributed by atoms with Crippen LogP contribution in [0, 0.1) is 0 Å². The Hall–Kier alpha value is -3.68. The Bertz CT molecular complexity index is 1180. The van der Waals surface area contributed by atoms with Gasteiger partial charge in [0.1, 0.15) is 0 Å². The van der Waals surface area contributed by atoms with Crippen LogP contribution in [0.5, 0.6) is 0 Å². The number of Topliss-reactive ketones (excluding diaryl/α,β-unsaturated/α-hetero) is 1. The van der Waals surface area contributed by atoms with Crippen molar-refractivity contribution in [1.82, 2.24) is 10.5 Å². The summed E-state index contributed by atoms with van der Waals surface area (Å²) in [6.07, 6.45) is 0.246. The van der Waals surface area contributed by atoms with Gasteiger partial charge in [0, 0.05) is 23.6 Å². The van der Waals surface area contributed by atoms with E-state index in [0.29, 0.717) is 28.3 Å². The molecule has 7 nitrogen and oxygen atoms in total. The quantitative estimate of drug-likeness (QED) is 0.480. The van der Waals surface area contributed by atoms with Gasteiger partial charge in [0.2, 0.25) is 0 Å². The van der Waals surface area contributed by atoms with Crippen molar-refractivity contribution < 1.29 is 19.5 Å². The van der Waals surface area contributed by atoms with E-state index in [-0.39, 0.29) is 31.2 Å². The molecule has 168 valence electrons. The van der Waals surface area contributed by atoms with Crippen LogP contribution in [0.1, 0.15) is 33.6 Å². The molecule has 33 heavy (non-hydrogen) atoms. The van der Waals surface area contributed by atoms with Gasteiger partial charge in [0.05, 0.1) is 17.8 Å². The first-order chi connectivity index (χ1) is 15.9. The molecule has 4 rings (SSSR count). The van der Waals surface area contributed by atoms with Gasteiger partial charge in [0.15, 0.2) is 5.78 Å². The third kappa shape index (κ3) is 5.22. The molecule has 0 spiro atoms. The van der Waals surface area contributed by atoms with Crippen LogP contribution in [0.4, 0.5) is 5.69 Å². The SMILES string of the molecule is O=C(O)CCCN1NN(CC(=O)c2ccc(-c3ccc(Cl)cc3)cc2)c2ccccc2C1=O. The molecule has 0 bridgehead atoms. The topological polar surface area (TPSA) is 89.9 Å². The number of rotatable bonds is 8. The van der Waals surface area contributed by atoms with Gasteiger partial charge < -0.3 is 5.11 Å². The number of carboxylic acid groups (broad SMARTS) is 1. The number of nitrogens with one attached hydrogen (secondary N) is 1. The summed E-state index contributed by atoms with van der Waals surface area (Å²) in [7, 11) is 0. The number of hydrogen-bond donors (Lipinski definition) is 2. The number of carbonyl (C=O) groups excluding carboxylic acids is 2. The zero-order chi connectivity index (χ0) is 23.4. The fraction of sp³-hybridized carbons (Fsp3) is 0.160. The Labute approximate surface area is 196 Å². The molecule has 0 atom stereocenters. The number of benzene rings is 3. The van der Waals surface area contributed by atoms with E-state index in [1.165, 1.54) is 5.01 Å². The molecule has 2 N–H and O–H groups in total. The van der Waals surface area contributed by atoms with Gasteiger partial charge >= 0.3 is 5.97 Å². The highest BCUT2D eigenvalue weighted by molar-refractivity contribution is 6.30. The van der Waals surface area contributed by atoms with E-state index in [2.05, 4.69) is 5.53 Å². The maximum Gasteiger partial charge on any atom is 0.303 e. The van der Waals surface area contributed by atoms with E-state index in [1.807, 2.05) is 36.4 Å². The summed E-state index contributed by atoms with van der Waals surface area (Å²) >= 11 is 5.95. The van der Waals surface area contributed by atoms with Crippen molar-refractivity contribution in [1.29, 1.82) is 0 Å². The number of halogens is 1. The largest absolute Gasteiger partial charge is 0.481 e. The van der Waals surface area contributed by atoms with Crippen LogP contribution in [0.25, 0.3) is 11.1 Å². The summed E-state index contributed by atoms with van der Waals surface area (Å²) in [5.41, 5.74) is 6.54. The fourth-order valence-electron chi connectivity index (χ4n) is 3.67. The predicted molar refractivity (Wildman–Crippen MR) is 126 cm³/mol. The van der Waals surface area contributed by atoms with E-state index >= 15 is 0 Å². The van der Waals surface area contributed by atoms with E-state index in [4.69, 9.17) is 16.7 Å². The molecule has 0 radical (unpaired) electrons. The molecule has 1 amide bonds. The number of nitrogens with zero attached hydrogens (tertiary/aromatic N) is 2. The molecule has 1 heterocycles. The second kappa shape index (κ2) is 9.85. The molecule has 1 aliphatic rings. The van der Waals surface area contributed by atoms with Crippen LogP contribution in [0.3, 0.4) is 0 Å². The molecule has 0 fully saturated rings. The highest BCUT2D eigenvalue weighted by atomic mass is 35.5. The zero-order valence-corrected chi connectivity index (χ0v) is 18.5. The molecule has 3 aromatic carbocycles. The van der Waals surface area contributed by atoms with Gasteiger partial charge in [-0.05, 0) is 41.8 Å². The summed E-state index contributed by atoms with van der Waals surface area (Å²) in [5.74, 6) is -1.30. The standard InChI is InChI=1S/C25H22ClN3O4/c26-20-13-11-18(12-14-20)17-7-9-19(10-8-17)23(30)16-29-22-5-2-1-4-21(22)25(33)28(27-29)15-3-6-24(31)32/h1-2,4-5,7-14,27H,3,6,15-16H2,(H,31,32). The Balaban J connectivity index is 1.50. The van der Waals surface area contributed by atoms with Crippen molar-refractivity contribution in [2.75, 3.05) is 18.1 Å². The number of carbonyl (C=O) groups is 3. The molecular formula is C25H22ClN3O4. The van der Waals surface area contributed by atoms with Crippen molar-refractivity contribution in [3.8, 4) is 11.1 Å². The lowest BCUT2D eigenvalue weighted by Gasteiger charge is -2.38. The third-order valence-corrected chi connectivity index (χ3v) is 5.62. The van der Waals surface area contributed by atoms with E-state index in [1.54, 1.807) is 41.4 Å². The Morgan fingerprint density at radius 1 is 0.879 bits per heavy atom. The number of carboxylic acids is 1. The number of hydrogen-bond acceptors (Lipinski definition) is 5. The normalized spacial score (nSPS) is 13.1. The second-order valence-corrected chi connectivity index (χ2v) is 8.10. The highest BCUT2D eigenvalue weighted by Gasteiger charge is 2.29. The van der Waals surface area contributed by atoms with Crippen LogP contribution < -0.4 is 10.5 Å². The fourth-order valence-corrected chi connectivity index (χ4v) is 3.79. The van der Waals surface area contributed by atoms with E-state index in [9.17, 15) is 14.4 Å². The molecule has 1 aliphatic heterocycles. The molecule has 0 aromatic heterocycles. The maximum absolute atomic E-state index is 13.0. The summed E-state index contributed by atoms with van der Waals surface area (Å²) in [6, 6.07) is 21.8. The number of fused-ring (bicyclic) bond motifs is 1.